The molecule has 0 amide bonds. The van der Waals surface area contributed by atoms with Gasteiger partial charge in [-0.2, -0.15) is 0 Å². The van der Waals surface area contributed by atoms with Crippen LogP contribution >= 0.6 is 26.2 Å². The molecule has 2 atom stereocenters. The molecule has 1 saturated heterocycles. The van der Waals surface area contributed by atoms with Crippen LogP contribution in [0, 0.1) is 5.41 Å². The van der Waals surface area contributed by atoms with Gasteiger partial charge in [-0.3, -0.25) is 4.79 Å². The third-order valence-corrected chi connectivity index (χ3v) is 3.04. The minimum Gasteiger partial charge on any atom is -0.481 e. The molecular weight excluding hydrogens is 369 g/mol. The van der Waals surface area contributed by atoms with Gasteiger partial charge in [0.2, 0.25) is 0 Å². The Balaban J connectivity index is 0. The average molecular weight is 396 g/mol. The Bertz CT molecular complexity index is 401. The van der Waals surface area contributed by atoms with Crippen LogP contribution in [0.1, 0.15) is 33.1 Å². The van der Waals surface area contributed by atoms with Crippen LogP contribution in [0.25, 0.3) is 0 Å². The summed E-state index contributed by atoms with van der Waals surface area (Å²) in [4.78, 5) is 21.3. The fourth-order valence-electron chi connectivity index (χ4n) is 1.81. The molecule has 128 valence electrons. The normalized spacial score (nSPS) is 22.0. The second-order valence-corrected chi connectivity index (χ2v) is 5.94. The Labute approximate surface area is 145 Å². The van der Waals surface area contributed by atoms with E-state index in [9.17, 15) is 9.59 Å². The number of nitrogens with one attached hydrogen (secondary N) is 1. The van der Waals surface area contributed by atoms with E-state index >= 15 is 0 Å². The van der Waals surface area contributed by atoms with Crippen LogP contribution in [0.15, 0.2) is 23.8 Å². The molecule has 1 aliphatic heterocycles. The van der Waals surface area contributed by atoms with Gasteiger partial charge in [0.05, 0.1) is 5.41 Å². The van der Waals surface area contributed by atoms with Gasteiger partial charge in [0.25, 0.3) is 0 Å². The van der Waals surface area contributed by atoms with Crippen LogP contribution in [0.5, 0.6) is 0 Å². The molecule has 3 N–H and O–H groups in total. The zero-order chi connectivity index (χ0) is 16.3. The van der Waals surface area contributed by atoms with Gasteiger partial charge in [-0.25, -0.2) is 4.79 Å². The first-order chi connectivity index (χ1) is 9.87. The molecule has 2 rings (SSSR count). The highest BCUT2D eigenvalue weighted by atomic mass is 79.9. The Morgan fingerprint density at radius 3 is 2.14 bits per heavy atom. The van der Waals surface area contributed by atoms with Crippen LogP contribution in [-0.4, -0.2) is 41.4 Å². The predicted octanol–water partition coefficient (Wildman–Crippen LogP) is 2.88. The lowest BCUT2D eigenvalue weighted by atomic mass is 9.80. The van der Waals surface area contributed by atoms with Gasteiger partial charge in [0.1, 0.15) is 0 Å². The molecule has 0 aromatic heterocycles. The summed E-state index contributed by atoms with van der Waals surface area (Å²) >= 11 is 0. The summed E-state index contributed by atoms with van der Waals surface area (Å²) < 4.78 is 0. The zero-order valence-corrected chi connectivity index (χ0v) is 16.0. The monoisotopic (exact) mass is 395 g/mol. The quantitative estimate of drug-likeness (QED) is 0.625. The molecule has 2 aliphatic rings. The van der Waals surface area contributed by atoms with Crippen molar-refractivity contribution in [2.75, 3.05) is 19.3 Å². The number of hydrogen-bond acceptors (Lipinski definition) is 3. The van der Waals surface area contributed by atoms with E-state index in [0.29, 0.717) is 0 Å². The van der Waals surface area contributed by atoms with Crippen molar-refractivity contribution in [1.82, 2.24) is 5.32 Å². The molecule has 0 aromatic carbocycles. The summed E-state index contributed by atoms with van der Waals surface area (Å²) in [5.41, 5.74) is -0.949. The maximum absolute atomic E-state index is 10.8. The second-order valence-electron chi connectivity index (χ2n) is 5.12. The third-order valence-electron chi connectivity index (χ3n) is 3.04. The lowest BCUT2D eigenvalue weighted by Crippen LogP contribution is -2.28. The Kier molecular flexibility index (Phi) is 13.7. The third kappa shape index (κ3) is 9.34. The summed E-state index contributed by atoms with van der Waals surface area (Å²) in [7, 11) is 2.58. The number of carboxylic acid groups (broad SMARTS) is 2. The molecule has 7 heteroatoms. The van der Waals surface area contributed by atoms with Crippen molar-refractivity contribution in [2.24, 2.45) is 5.41 Å². The average Bonchev–Trinajstić information content (AvgIpc) is 2.98. The number of carbonyl (C=O) groups is 2. The molecule has 0 spiro atoms. The van der Waals surface area contributed by atoms with Gasteiger partial charge in [0.15, 0.2) is 0 Å². The first-order valence-electron chi connectivity index (χ1n) is 7.13. The first kappa shape index (κ1) is 23.6. The van der Waals surface area contributed by atoms with Gasteiger partial charge in [-0.15, -0.1) is 26.2 Å². The number of hydrogen-bond donors (Lipinski definition) is 3. The molecule has 0 radical (unpaired) electrons. The Morgan fingerprint density at radius 2 is 1.82 bits per heavy atom. The number of halogens is 1. The van der Waals surface area contributed by atoms with Crippen molar-refractivity contribution >= 4 is 38.2 Å². The SMILES string of the molecule is Br.C1CCNC1.CC1(C(=O)O)C=CC=C(C(=O)O)C1.CCP. The molecule has 22 heavy (non-hydrogen) atoms. The van der Waals surface area contributed by atoms with Crippen LogP contribution in [0.3, 0.4) is 0 Å². The Morgan fingerprint density at radius 1 is 1.32 bits per heavy atom. The van der Waals surface area contributed by atoms with Crippen molar-refractivity contribution in [2.45, 2.75) is 33.1 Å². The molecule has 0 bridgehead atoms. The van der Waals surface area contributed by atoms with E-state index in [1.807, 2.05) is 0 Å². The van der Waals surface area contributed by atoms with Gasteiger partial charge in [-0.1, -0.05) is 25.2 Å². The van der Waals surface area contributed by atoms with E-state index in [0.717, 1.165) is 0 Å². The largest absolute Gasteiger partial charge is 0.481 e. The number of carboxylic acids is 2. The lowest BCUT2D eigenvalue weighted by Gasteiger charge is -2.23. The molecule has 0 saturated carbocycles. The molecule has 1 fully saturated rings. The minimum absolute atomic E-state index is 0. The predicted molar refractivity (Wildman–Crippen MR) is 97.9 cm³/mol. The fourth-order valence-corrected chi connectivity index (χ4v) is 1.81. The summed E-state index contributed by atoms with van der Waals surface area (Å²) in [5.74, 6) is -2.06. The van der Waals surface area contributed by atoms with Gasteiger partial charge >= 0.3 is 11.9 Å². The van der Waals surface area contributed by atoms with Crippen LogP contribution in [0.2, 0.25) is 0 Å². The smallest absolute Gasteiger partial charge is 0.331 e. The first-order valence-corrected chi connectivity index (χ1v) is 7.95. The van der Waals surface area contributed by atoms with E-state index in [2.05, 4.69) is 21.5 Å². The second kappa shape index (κ2) is 12.8. The highest BCUT2D eigenvalue weighted by molar-refractivity contribution is 8.93. The van der Waals surface area contributed by atoms with E-state index in [4.69, 9.17) is 10.2 Å². The lowest BCUT2D eigenvalue weighted by molar-refractivity contribution is -0.145. The van der Waals surface area contributed by atoms with Crippen LogP contribution < -0.4 is 5.32 Å². The number of rotatable bonds is 2. The van der Waals surface area contributed by atoms with Crippen molar-refractivity contribution < 1.29 is 19.8 Å². The molecule has 5 nitrogen and oxygen atoms in total. The molecule has 2 unspecified atom stereocenters. The van der Waals surface area contributed by atoms with Gasteiger partial charge in [0, 0.05) is 5.57 Å². The topological polar surface area (TPSA) is 86.6 Å². The highest BCUT2D eigenvalue weighted by Crippen LogP contribution is 2.31. The van der Waals surface area contributed by atoms with Crippen molar-refractivity contribution in [3.63, 3.8) is 0 Å². The maximum atomic E-state index is 10.8. The van der Waals surface area contributed by atoms with Crippen molar-refractivity contribution in [1.29, 1.82) is 0 Å². The fraction of sp³-hybridized carbons (Fsp3) is 0.600. The maximum Gasteiger partial charge on any atom is 0.331 e. The molecule has 1 heterocycles. The van der Waals surface area contributed by atoms with Crippen molar-refractivity contribution in [3.8, 4) is 0 Å². The minimum atomic E-state index is -1.08. The highest BCUT2D eigenvalue weighted by Gasteiger charge is 2.34. The van der Waals surface area contributed by atoms with E-state index in [-0.39, 0.29) is 29.0 Å². The molecule has 0 aromatic rings. The summed E-state index contributed by atoms with van der Waals surface area (Å²) in [6, 6.07) is 0. The van der Waals surface area contributed by atoms with Crippen molar-refractivity contribution in [3.05, 3.63) is 23.8 Å². The van der Waals surface area contributed by atoms with Gasteiger partial charge in [-0.05, 0) is 45.4 Å². The molecular formula is C15H27BrNO4P. The number of allylic oxidation sites excluding steroid dienone is 2. The zero-order valence-electron chi connectivity index (χ0n) is 13.2. The van der Waals surface area contributed by atoms with E-state index in [1.165, 1.54) is 57.2 Å². The number of aliphatic carboxylic acids is 2. The van der Waals surface area contributed by atoms with Gasteiger partial charge < -0.3 is 15.5 Å². The summed E-state index contributed by atoms with van der Waals surface area (Å²) in [6.45, 7) is 6.09. The summed E-state index contributed by atoms with van der Waals surface area (Å²) in [6.07, 6.45) is 8.38. The van der Waals surface area contributed by atoms with E-state index < -0.39 is 17.4 Å². The Hall–Kier alpha value is -0.710. The summed E-state index contributed by atoms with van der Waals surface area (Å²) in [5, 5.41) is 20.7. The molecule has 1 aliphatic carbocycles. The standard InChI is InChI=1S/C9H10O4.C4H9N.C2H7P.BrH/c1-9(8(12)13)4-2-3-6(5-9)7(10)11;1-2-4-5-3-1;1-2-3;/h2-4H,5H2,1H3,(H,10,11)(H,12,13);5H,1-4H2;2-3H2,1H3;1H. The van der Waals surface area contributed by atoms with Crippen LogP contribution in [0.4, 0.5) is 0 Å². The van der Waals surface area contributed by atoms with Crippen LogP contribution in [-0.2, 0) is 9.59 Å². The van der Waals surface area contributed by atoms with E-state index in [1.54, 1.807) is 0 Å².